The number of ether oxygens (including phenoxy) is 1. The van der Waals surface area contributed by atoms with E-state index in [1.165, 1.54) is 4.68 Å². The molecule has 0 saturated carbocycles. The largest absolute Gasteiger partial charge is 0.411 e. The summed E-state index contributed by atoms with van der Waals surface area (Å²) >= 11 is 3.13. The summed E-state index contributed by atoms with van der Waals surface area (Å²) in [5.41, 5.74) is 5.41. The van der Waals surface area contributed by atoms with E-state index >= 15 is 0 Å². The summed E-state index contributed by atoms with van der Waals surface area (Å²) in [5.74, 6) is 0.297. The van der Waals surface area contributed by atoms with Crippen molar-refractivity contribution in [1.29, 1.82) is 0 Å². The number of hydrogen-bond acceptors (Lipinski definition) is 3. The van der Waals surface area contributed by atoms with Crippen LogP contribution in [0.5, 0.6) is 0 Å². The lowest BCUT2D eigenvalue weighted by Gasteiger charge is -2.07. The normalized spacial score (nSPS) is 12.0. The van der Waals surface area contributed by atoms with Gasteiger partial charge in [-0.2, -0.15) is 18.3 Å². The van der Waals surface area contributed by atoms with Gasteiger partial charge in [-0.25, -0.2) is 0 Å². The molecule has 1 aromatic rings. The number of aromatic nitrogens is 2. The fraction of sp³-hybridized carbons (Fsp3) is 0.571. The molecule has 0 aliphatic rings. The maximum Gasteiger partial charge on any atom is 0.411 e. The van der Waals surface area contributed by atoms with Gasteiger partial charge >= 0.3 is 6.18 Å². The van der Waals surface area contributed by atoms with Gasteiger partial charge < -0.3 is 10.5 Å². The van der Waals surface area contributed by atoms with E-state index in [0.29, 0.717) is 10.3 Å². The van der Waals surface area contributed by atoms with Crippen molar-refractivity contribution in [1.82, 2.24) is 9.78 Å². The third-order valence-corrected chi connectivity index (χ3v) is 2.08. The lowest BCUT2D eigenvalue weighted by atomic mass is 10.6. The summed E-state index contributed by atoms with van der Waals surface area (Å²) < 4.78 is 41.5. The zero-order chi connectivity index (χ0) is 11.5. The number of anilines is 1. The lowest BCUT2D eigenvalue weighted by molar-refractivity contribution is -0.174. The Kier molecular flexibility index (Phi) is 3.97. The molecular weight excluding hydrogens is 279 g/mol. The molecular formula is C7H9BrF3N3O. The Balaban J connectivity index is 2.26. The predicted octanol–water partition coefficient (Wildman–Crippen LogP) is 1.81. The predicted molar refractivity (Wildman–Crippen MR) is 51.2 cm³/mol. The third-order valence-electron chi connectivity index (χ3n) is 1.47. The van der Waals surface area contributed by atoms with Crippen molar-refractivity contribution in [2.75, 3.05) is 18.9 Å². The van der Waals surface area contributed by atoms with Crippen LogP contribution >= 0.6 is 15.9 Å². The van der Waals surface area contributed by atoms with Gasteiger partial charge in [-0.3, -0.25) is 4.68 Å². The molecule has 1 heterocycles. The molecule has 0 unspecified atom stereocenters. The van der Waals surface area contributed by atoms with Crippen molar-refractivity contribution in [3.8, 4) is 0 Å². The van der Waals surface area contributed by atoms with Crippen molar-refractivity contribution < 1.29 is 17.9 Å². The minimum Gasteiger partial charge on any atom is -0.381 e. The first kappa shape index (κ1) is 12.3. The molecule has 0 fully saturated rings. The average molecular weight is 288 g/mol. The Morgan fingerprint density at radius 3 is 2.67 bits per heavy atom. The van der Waals surface area contributed by atoms with E-state index < -0.39 is 12.8 Å². The molecule has 0 radical (unpaired) electrons. The fourth-order valence-electron chi connectivity index (χ4n) is 0.873. The van der Waals surface area contributed by atoms with Crippen LogP contribution in [0.3, 0.4) is 0 Å². The number of alkyl halides is 3. The molecule has 0 saturated heterocycles. The number of hydrogen-bond donors (Lipinski definition) is 1. The van der Waals surface area contributed by atoms with Crippen molar-refractivity contribution >= 4 is 21.7 Å². The zero-order valence-corrected chi connectivity index (χ0v) is 9.18. The summed E-state index contributed by atoms with van der Waals surface area (Å²) in [4.78, 5) is 0. The van der Waals surface area contributed by atoms with Crippen LogP contribution in [0.2, 0.25) is 0 Å². The van der Waals surface area contributed by atoms with Gasteiger partial charge in [0.2, 0.25) is 0 Å². The highest BCUT2D eigenvalue weighted by Crippen LogP contribution is 2.16. The van der Waals surface area contributed by atoms with Crippen molar-refractivity contribution in [2.24, 2.45) is 0 Å². The monoisotopic (exact) mass is 287 g/mol. The lowest BCUT2D eigenvalue weighted by Crippen LogP contribution is -2.19. The topological polar surface area (TPSA) is 53.1 Å². The first-order valence-corrected chi connectivity index (χ1v) is 4.81. The van der Waals surface area contributed by atoms with Crippen LogP contribution < -0.4 is 5.73 Å². The molecule has 0 spiro atoms. The van der Waals surface area contributed by atoms with Crippen LogP contribution in [-0.2, 0) is 11.3 Å². The highest BCUT2D eigenvalue weighted by molar-refractivity contribution is 9.10. The molecule has 0 bridgehead atoms. The third kappa shape index (κ3) is 4.52. The Hall–Kier alpha value is -0.760. The van der Waals surface area contributed by atoms with Gasteiger partial charge in [-0.05, 0) is 15.9 Å². The highest BCUT2D eigenvalue weighted by Gasteiger charge is 2.27. The molecule has 15 heavy (non-hydrogen) atoms. The first-order valence-electron chi connectivity index (χ1n) is 4.01. The van der Waals surface area contributed by atoms with Crippen LogP contribution in [0.15, 0.2) is 10.7 Å². The van der Waals surface area contributed by atoms with Crippen LogP contribution in [-0.4, -0.2) is 29.2 Å². The van der Waals surface area contributed by atoms with Gasteiger partial charge in [0, 0.05) is 6.20 Å². The summed E-state index contributed by atoms with van der Waals surface area (Å²) in [6.07, 6.45) is -2.71. The molecule has 0 aliphatic heterocycles. The SMILES string of the molecule is Nc1nn(CCOCC(F)(F)F)cc1Br. The molecule has 1 aromatic heterocycles. The van der Waals surface area contributed by atoms with Crippen molar-refractivity contribution in [3.05, 3.63) is 10.7 Å². The summed E-state index contributed by atoms with van der Waals surface area (Å²) in [5, 5.41) is 3.83. The molecule has 0 aromatic carbocycles. The number of halogens is 4. The second-order valence-electron chi connectivity index (χ2n) is 2.79. The number of nitrogens with zero attached hydrogens (tertiary/aromatic N) is 2. The smallest absolute Gasteiger partial charge is 0.381 e. The van der Waals surface area contributed by atoms with E-state index in [1.54, 1.807) is 6.20 Å². The molecule has 8 heteroatoms. The van der Waals surface area contributed by atoms with Gasteiger partial charge in [0.05, 0.1) is 17.6 Å². The molecule has 86 valence electrons. The van der Waals surface area contributed by atoms with Crippen LogP contribution in [0.1, 0.15) is 0 Å². The highest BCUT2D eigenvalue weighted by atomic mass is 79.9. The summed E-state index contributed by atoms with van der Waals surface area (Å²) in [7, 11) is 0. The van der Waals surface area contributed by atoms with E-state index in [0.717, 1.165) is 0 Å². The zero-order valence-electron chi connectivity index (χ0n) is 7.59. The quantitative estimate of drug-likeness (QED) is 0.860. The first-order chi connectivity index (χ1) is 6.88. The molecule has 0 atom stereocenters. The van der Waals surface area contributed by atoms with Gasteiger partial charge in [0.15, 0.2) is 5.82 Å². The molecule has 4 nitrogen and oxygen atoms in total. The minimum absolute atomic E-state index is 0.0624. The molecule has 1 rings (SSSR count). The number of nitrogens with two attached hydrogens (primary N) is 1. The fourth-order valence-corrected chi connectivity index (χ4v) is 1.19. The van der Waals surface area contributed by atoms with Gasteiger partial charge in [0.25, 0.3) is 0 Å². The van der Waals surface area contributed by atoms with Crippen LogP contribution in [0, 0.1) is 0 Å². The van der Waals surface area contributed by atoms with E-state index in [-0.39, 0.29) is 13.2 Å². The van der Waals surface area contributed by atoms with Crippen LogP contribution in [0.25, 0.3) is 0 Å². The second-order valence-corrected chi connectivity index (χ2v) is 3.65. The van der Waals surface area contributed by atoms with Crippen molar-refractivity contribution in [2.45, 2.75) is 12.7 Å². The number of rotatable bonds is 4. The van der Waals surface area contributed by atoms with Crippen LogP contribution in [0.4, 0.5) is 19.0 Å². The van der Waals surface area contributed by atoms with E-state index in [2.05, 4.69) is 25.8 Å². The Bertz CT molecular complexity index is 306. The Morgan fingerprint density at radius 1 is 1.53 bits per heavy atom. The van der Waals surface area contributed by atoms with Gasteiger partial charge in [0.1, 0.15) is 6.61 Å². The average Bonchev–Trinajstić information content (AvgIpc) is 2.39. The second kappa shape index (κ2) is 4.84. The summed E-state index contributed by atoms with van der Waals surface area (Å²) in [6.45, 7) is -1.08. The number of nitrogen functional groups attached to an aromatic ring is 1. The minimum atomic E-state index is -4.29. The van der Waals surface area contributed by atoms with Gasteiger partial charge in [-0.1, -0.05) is 0 Å². The Morgan fingerprint density at radius 2 is 2.20 bits per heavy atom. The van der Waals surface area contributed by atoms with Gasteiger partial charge in [-0.15, -0.1) is 0 Å². The van der Waals surface area contributed by atoms with Crippen molar-refractivity contribution in [3.63, 3.8) is 0 Å². The molecule has 2 N–H and O–H groups in total. The summed E-state index contributed by atoms with van der Waals surface area (Å²) in [6, 6.07) is 0. The van der Waals surface area contributed by atoms with E-state index in [1.807, 2.05) is 0 Å². The maximum atomic E-state index is 11.7. The van der Waals surface area contributed by atoms with E-state index in [9.17, 15) is 13.2 Å². The van der Waals surface area contributed by atoms with E-state index in [4.69, 9.17) is 5.73 Å². The Labute approximate surface area is 92.3 Å². The molecule has 0 aliphatic carbocycles. The standard InChI is InChI=1S/C7H9BrF3N3O/c8-5-3-14(13-6(5)12)1-2-15-4-7(9,10)11/h3H,1-2,4H2,(H2,12,13). The molecule has 0 amide bonds. The maximum absolute atomic E-state index is 11.7.